The molecule has 0 saturated carbocycles. The molecule has 3 nitrogen and oxygen atoms in total. The van der Waals surface area contributed by atoms with Gasteiger partial charge in [0.1, 0.15) is 6.61 Å². The van der Waals surface area contributed by atoms with E-state index < -0.39 is 0 Å². The fourth-order valence-electron chi connectivity index (χ4n) is 1.65. The number of hydrogen-bond donors (Lipinski definition) is 0. The van der Waals surface area contributed by atoms with E-state index in [1.54, 1.807) is 6.07 Å². The highest BCUT2D eigenvalue weighted by Gasteiger charge is 2.35. The smallest absolute Gasteiger partial charge is 0.338 e. The van der Waals surface area contributed by atoms with E-state index in [1.807, 2.05) is 25.1 Å². The summed E-state index contributed by atoms with van der Waals surface area (Å²) < 4.78 is 10.4. The Morgan fingerprint density at radius 2 is 2.12 bits per heavy atom. The summed E-state index contributed by atoms with van der Waals surface area (Å²) in [4.78, 5) is 11.8. The second kappa shape index (κ2) is 4.26. The molecule has 0 bridgehead atoms. The van der Waals surface area contributed by atoms with Gasteiger partial charge in [-0.25, -0.2) is 4.79 Å². The van der Waals surface area contributed by atoms with Crippen molar-refractivity contribution in [3.8, 4) is 0 Å². The van der Waals surface area contributed by atoms with Crippen LogP contribution in [0, 0.1) is 12.3 Å². The molecule has 0 amide bonds. The van der Waals surface area contributed by atoms with Crippen LogP contribution in [0.5, 0.6) is 0 Å². The van der Waals surface area contributed by atoms with Crippen LogP contribution >= 0.6 is 0 Å². The van der Waals surface area contributed by atoms with Crippen molar-refractivity contribution in [2.24, 2.45) is 5.41 Å². The van der Waals surface area contributed by atoms with Crippen molar-refractivity contribution in [1.29, 1.82) is 0 Å². The van der Waals surface area contributed by atoms with Gasteiger partial charge in [0, 0.05) is 5.41 Å². The molecule has 0 spiro atoms. The number of benzene rings is 1. The summed E-state index contributed by atoms with van der Waals surface area (Å²) in [6, 6.07) is 7.45. The molecule has 1 aromatic carbocycles. The van der Waals surface area contributed by atoms with E-state index in [1.165, 1.54) is 0 Å². The van der Waals surface area contributed by atoms with Crippen molar-refractivity contribution in [3.05, 3.63) is 35.4 Å². The van der Waals surface area contributed by atoms with Crippen molar-refractivity contribution < 1.29 is 14.3 Å². The van der Waals surface area contributed by atoms with Crippen molar-refractivity contribution in [2.75, 3.05) is 19.8 Å². The molecule has 1 saturated heterocycles. The van der Waals surface area contributed by atoms with Gasteiger partial charge in [0.05, 0.1) is 18.8 Å². The fraction of sp³-hybridized carbons (Fsp3) is 0.462. The molecule has 0 radical (unpaired) electrons. The van der Waals surface area contributed by atoms with Crippen LogP contribution in [0.25, 0.3) is 0 Å². The zero-order valence-electron chi connectivity index (χ0n) is 9.66. The molecule has 16 heavy (non-hydrogen) atoms. The van der Waals surface area contributed by atoms with Crippen LogP contribution < -0.4 is 0 Å². The quantitative estimate of drug-likeness (QED) is 0.732. The Hall–Kier alpha value is -1.35. The molecule has 0 unspecified atom stereocenters. The standard InChI is InChI=1S/C13H16O3/c1-10-5-3-4-6-11(10)12(14)16-9-13(2)7-15-8-13/h3-6H,7-9H2,1-2H3. The second-order valence-corrected chi connectivity index (χ2v) is 4.69. The summed E-state index contributed by atoms with van der Waals surface area (Å²) >= 11 is 0. The lowest BCUT2D eigenvalue weighted by molar-refractivity contribution is -0.127. The summed E-state index contributed by atoms with van der Waals surface area (Å²) in [7, 11) is 0. The lowest BCUT2D eigenvalue weighted by Crippen LogP contribution is -2.44. The Morgan fingerprint density at radius 3 is 2.69 bits per heavy atom. The molecule has 86 valence electrons. The van der Waals surface area contributed by atoms with Crippen molar-refractivity contribution in [3.63, 3.8) is 0 Å². The maximum atomic E-state index is 11.8. The van der Waals surface area contributed by atoms with Crippen LogP contribution in [0.3, 0.4) is 0 Å². The van der Waals surface area contributed by atoms with Crippen LogP contribution in [0.1, 0.15) is 22.8 Å². The molecule has 2 rings (SSSR count). The van der Waals surface area contributed by atoms with E-state index in [4.69, 9.17) is 9.47 Å². The van der Waals surface area contributed by atoms with Gasteiger partial charge in [0.25, 0.3) is 0 Å². The molecule has 0 atom stereocenters. The number of aryl methyl sites for hydroxylation is 1. The molecule has 3 heteroatoms. The zero-order valence-corrected chi connectivity index (χ0v) is 9.66. The van der Waals surface area contributed by atoms with Gasteiger partial charge in [-0.3, -0.25) is 0 Å². The van der Waals surface area contributed by atoms with E-state index >= 15 is 0 Å². The monoisotopic (exact) mass is 220 g/mol. The maximum Gasteiger partial charge on any atom is 0.338 e. The van der Waals surface area contributed by atoms with Crippen LogP contribution in [-0.2, 0) is 9.47 Å². The third-order valence-corrected chi connectivity index (χ3v) is 2.82. The van der Waals surface area contributed by atoms with Crippen LogP contribution in [0.15, 0.2) is 24.3 Å². The molecule has 0 aromatic heterocycles. The first-order chi connectivity index (χ1) is 7.61. The zero-order chi connectivity index (χ0) is 11.6. The Balaban J connectivity index is 1.96. The number of carbonyl (C=O) groups is 1. The molecule has 1 fully saturated rings. The van der Waals surface area contributed by atoms with Crippen molar-refractivity contribution in [2.45, 2.75) is 13.8 Å². The molecule has 1 aromatic rings. The average molecular weight is 220 g/mol. The third-order valence-electron chi connectivity index (χ3n) is 2.82. The van der Waals surface area contributed by atoms with E-state index in [9.17, 15) is 4.79 Å². The van der Waals surface area contributed by atoms with E-state index in [-0.39, 0.29) is 11.4 Å². The molecule has 1 aliphatic heterocycles. The minimum absolute atomic E-state index is 0.0122. The SMILES string of the molecule is Cc1ccccc1C(=O)OCC1(C)COC1. The minimum Gasteiger partial charge on any atom is -0.461 e. The number of ether oxygens (including phenoxy) is 2. The Labute approximate surface area is 95.4 Å². The number of carbonyl (C=O) groups excluding carboxylic acids is 1. The van der Waals surface area contributed by atoms with Gasteiger partial charge in [-0.1, -0.05) is 25.1 Å². The predicted octanol–water partition coefficient (Wildman–Crippen LogP) is 2.19. The third kappa shape index (κ3) is 2.25. The number of rotatable bonds is 3. The largest absolute Gasteiger partial charge is 0.461 e. The van der Waals surface area contributed by atoms with Gasteiger partial charge in [-0.2, -0.15) is 0 Å². The molecule has 1 aliphatic rings. The van der Waals surface area contributed by atoms with E-state index in [0.717, 1.165) is 5.56 Å². The summed E-state index contributed by atoms with van der Waals surface area (Å²) in [6.45, 7) is 5.74. The maximum absolute atomic E-state index is 11.8. The Kier molecular flexibility index (Phi) is 2.97. The topological polar surface area (TPSA) is 35.5 Å². The van der Waals surface area contributed by atoms with E-state index in [2.05, 4.69) is 6.92 Å². The van der Waals surface area contributed by atoms with Crippen LogP contribution in [0.4, 0.5) is 0 Å². The second-order valence-electron chi connectivity index (χ2n) is 4.69. The number of hydrogen-bond acceptors (Lipinski definition) is 3. The Bertz CT molecular complexity index is 394. The summed E-state index contributed by atoms with van der Waals surface area (Å²) in [5.41, 5.74) is 1.60. The highest BCUT2D eigenvalue weighted by atomic mass is 16.5. The Morgan fingerprint density at radius 1 is 1.44 bits per heavy atom. The minimum atomic E-state index is -0.244. The lowest BCUT2D eigenvalue weighted by atomic mass is 9.90. The van der Waals surface area contributed by atoms with Gasteiger partial charge >= 0.3 is 5.97 Å². The summed E-state index contributed by atoms with van der Waals surface area (Å²) in [5.74, 6) is -0.244. The van der Waals surface area contributed by atoms with Gasteiger partial charge in [0.2, 0.25) is 0 Å². The normalized spacial score (nSPS) is 17.6. The molecular weight excluding hydrogens is 204 g/mol. The molecule has 0 aliphatic carbocycles. The van der Waals surface area contributed by atoms with Gasteiger partial charge in [-0.05, 0) is 18.6 Å². The first-order valence-corrected chi connectivity index (χ1v) is 5.41. The average Bonchev–Trinajstić information content (AvgIpc) is 2.24. The molecule has 1 heterocycles. The van der Waals surface area contributed by atoms with Crippen molar-refractivity contribution in [1.82, 2.24) is 0 Å². The molecule has 0 N–H and O–H groups in total. The van der Waals surface area contributed by atoms with Gasteiger partial charge < -0.3 is 9.47 Å². The fourth-order valence-corrected chi connectivity index (χ4v) is 1.65. The van der Waals surface area contributed by atoms with Crippen molar-refractivity contribution >= 4 is 5.97 Å². The lowest BCUT2D eigenvalue weighted by Gasteiger charge is -2.37. The molecular formula is C13H16O3. The van der Waals surface area contributed by atoms with Crippen LogP contribution in [-0.4, -0.2) is 25.8 Å². The predicted molar refractivity (Wildman–Crippen MR) is 60.4 cm³/mol. The summed E-state index contributed by atoms with van der Waals surface area (Å²) in [6.07, 6.45) is 0. The first kappa shape index (κ1) is 11.1. The highest BCUT2D eigenvalue weighted by Crippen LogP contribution is 2.27. The summed E-state index contributed by atoms with van der Waals surface area (Å²) in [5, 5.41) is 0. The van der Waals surface area contributed by atoms with E-state index in [0.29, 0.717) is 25.4 Å². The van der Waals surface area contributed by atoms with Gasteiger partial charge in [0.15, 0.2) is 0 Å². The van der Waals surface area contributed by atoms with Crippen LogP contribution in [0.2, 0.25) is 0 Å². The first-order valence-electron chi connectivity index (χ1n) is 5.41. The highest BCUT2D eigenvalue weighted by molar-refractivity contribution is 5.90. The van der Waals surface area contributed by atoms with Gasteiger partial charge in [-0.15, -0.1) is 0 Å². The number of esters is 1.